The number of halogens is 1. The van der Waals surface area contributed by atoms with Gasteiger partial charge in [-0.05, 0) is 25.2 Å². The fraction of sp³-hybridized carbons (Fsp3) is 0.500. The van der Waals surface area contributed by atoms with E-state index in [1.54, 1.807) is 6.07 Å². The summed E-state index contributed by atoms with van der Waals surface area (Å²) in [4.78, 5) is 3.95. The number of nitriles is 1. The first-order valence-corrected chi connectivity index (χ1v) is 8.51. The predicted molar refractivity (Wildman–Crippen MR) is 80.2 cm³/mol. The third kappa shape index (κ3) is 4.24. The number of benzene rings is 1. The molecule has 0 spiro atoms. The smallest absolute Gasteiger partial charge is 0.243 e. The summed E-state index contributed by atoms with van der Waals surface area (Å²) >= 11 is 0. The molecular formula is C14H19FN4O2S. The van der Waals surface area contributed by atoms with E-state index in [4.69, 9.17) is 5.26 Å². The molecule has 1 aromatic carbocycles. The molecule has 0 saturated carbocycles. The molecule has 0 bridgehead atoms. The molecule has 2 rings (SSSR count). The van der Waals surface area contributed by atoms with Crippen LogP contribution in [0.5, 0.6) is 0 Å². The van der Waals surface area contributed by atoms with Crippen LogP contribution in [0.4, 0.5) is 4.39 Å². The number of hydrogen-bond acceptors (Lipinski definition) is 5. The van der Waals surface area contributed by atoms with Gasteiger partial charge in [0.2, 0.25) is 10.0 Å². The Morgan fingerprint density at radius 2 is 2.00 bits per heavy atom. The Bertz CT molecular complexity index is 664. The molecule has 0 aromatic heterocycles. The zero-order valence-corrected chi connectivity index (χ0v) is 13.2. The lowest BCUT2D eigenvalue weighted by atomic mass is 10.2. The zero-order valence-electron chi connectivity index (χ0n) is 12.4. The first-order valence-electron chi connectivity index (χ1n) is 7.02. The van der Waals surface area contributed by atoms with Crippen molar-refractivity contribution in [2.45, 2.75) is 4.90 Å². The van der Waals surface area contributed by atoms with E-state index in [1.165, 1.54) is 6.07 Å². The molecular weight excluding hydrogens is 307 g/mol. The van der Waals surface area contributed by atoms with Crippen molar-refractivity contribution >= 4 is 10.0 Å². The Balaban J connectivity index is 1.93. The summed E-state index contributed by atoms with van der Waals surface area (Å²) in [6.45, 7) is 4.51. The van der Waals surface area contributed by atoms with E-state index in [1.807, 2.05) is 7.05 Å². The maximum atomic E-state index is 13.8. The second kappa shape index (κ2) is 7.15. The van der Waals surface area contributed by atoms with E-state index < -0.39 is 20.7 Å². The van der Waals surface area contributed by atoms with Gasteiger partial charge in [-0.15, -0.1) is 0 Å². The number of sulfonamides is 1. The molecule has 1 saturated heterocycles. The Labute approximate surface area is 130 Å². The molecule has 22 heavy (non-hydrogen) atoms. The fourth-order valence-electron chi connectivity index (χ4n) is 2.28. The highest BCUT2D eigenvalue weighted by Crippen LogP contribution is 2.15. The monoisotopic (exact) mass is 326 g/mol. The van der Waals surface area contributed by atoms with E-state index in [0.717, 1.165) is 38.3 Å². The van der Waals surface area contributed by atoms with Crippen molar-refractivity contribution in [1.82, 2.24) is 14.5 Å². The van der Waals surface area contributed by atoms with Crippen molar-refractivity contribution in [3.63, 3.8) is 0 Å². The maximum absolute atomic E-state index is 13.8. The van der Waals surface area contributed by atoms with Crippen LogP contribution in [0.2, 0.25) is 0 Å². The highest BCUT2D eigenvalue weighted by Gasteiger charge is 2.20. The van der Waals surface area contributed by atoms with Gasteiger partial charge in [0.1, 0.15) is 10.7 Å². The highest BCUT2D eigenvalue weighted by molar-refractivity contribution is 7.89. The topological polar surface area (TPSA) is 76.4 Å². The summed E-state index contributed by atoms with van der Waals surface area (Å²) in [5.41, 5.74) is 0.0916. The van der Waals surface area contributed by atoms with Gasteiger partial charge < -0.3 is 4.90 Å². The largest absolute Gasteiger partial charge is 0.304 e. The molecule has 1 aromatic rings. The van der Waals surface area contributed by atoms with Crippen molar-refractivity contribution in [3.8, 4) is 6.07 Å². The van der Waals surface area contributed by atoms with Crippen molar-refractivity contribution in [3.05, 3.63) is 29.6 Å². The zero-order chi connectivity index (χ0) is 16.2. The van der Waals surface area contributed by atoms with Crippen molar-refractivity contribution in [2.75, 3.05) is 46.3 Å². The van der Waals surface area contributed by atoms with Crippen LogP contribution in [0.15, 0.2) is 23.1 Å². The van der Waals surface area contributed by atoms with Crippen molar-refractivity contribution in [1.29, 1.82) is 5.26 Å². The van der Waals surface area contributed by atoms with Crippen LogP contribution in [0.1, 0.15) is 5.56 Å². The van der Waals surface area contributed by atoms with Gasteiger partial charge in [0, 0.05) is 39.3 Å². The number of piperazine rings is 1. The lowest BCUT2D eigenvalue weighted by Gasteiger charge is -2.32. The molecule has 1 fully saturated rings. The molecule has 0 unspecified atom stereocenters. The molecule has 0 aliphatic carbocycles. The molecule has 1 N–H and O–H groups in total. The van der Waals surface area contributed by atoms with Gasteiger partial charge in [0.15, 0.2) is 0 Å². The summed E-state index contributed by atoms with van der Waals surface area (Å²) in [5, 5.41) is 8.67. The number of nitrogens with one attached hydrogen (secondary N) is 1. The molecule has 1 aliphatic heterocycles. The standard InChI is InChI=1S/C14H19FN4O2S/c1-18-6-8-19(9-7-18)5-4-17-22(20,21)14-3-2-12(11-16)10-13(14)15/h2-3,10,17H,4-9H2,1H3. The van der Waals surface area contributed by atoms with Crippen LogP contribution >= 0.6 is 0 Å². The lowest BCUT2D eigenvalue weighted by molar-refractivity contribution is 0.156. The van der Waals surface area contributed by atoms with E-state index in [0.29, 0.717) is 6.54 Å². The minimum atomic E-state index is -3.90. The fourth-order valence-corrected chi connectivity index (χ4v) is 3.35. The molecule has 8 heteroatoms. The molecule has 6 nitrogen and oxygen atoms in total. The van der Waals surface area contributed by atoms with Crippen LogP contribution in [-0.4, -0.2) is 64.5 Å². The summed E-state index contributed by atoms with van der Waals surface area (Å²) in [6.07, 6.45) is 0. The Morgan fingerprint density at radius 3 is 2.59 bits per heavy atom. The predicted octanol–water partition coefficient (Wildman–Crippen LogP) is 0.223. The summed E-state index contributed by atoms with van der Waals surface area (Å²) in [6, 6.07) is 5.10. The number of hydrogen-bond donors (Lipinski definition) is 1. The number of nitrogens with zero attached hydrogens (tertiary/aromatic N) is 3. The minimum Gasteiger partial charge on any atom is -0.304 e. The SMILES string of the molecule is CN1CCN(CCNS(=O)(=O)c2ccc(C#N)cc2F)CC1. The van der Waals surface area contributed by atoms with Crippen LogP contribution in [0.25, 0.3) is 0 Å². The molecule has 120 valence electrons. The van der Waals surface area contributed by atoms with E-state index in [2.05, 4.69) is 14.5 Å². The number of rotatable bonds is 5. The Morgan fingerprint density at radius 1 is 1.32 bits per heavy atom. The molecule has 1 aliphatic rings. The molecule has 0 atom stereocenters. The number of likely N-dealkylation sites (N-methyl/N-ethyl adjacent to an activating group) is 1. The Kier molecular flexibility index (Phi) is 5.47. The quantitative estimate of drug-likeness (QED) is 0.838. The van der Waals surface area contributed by atoms with Gasteiger partial charge in [0.25, 0.3) is 0 Å². The van der Waals surface area contributed by atoms with E-state index in [-0.39, 0.29) is 12.1 Å². The van der Waals surface area contributed by atoms with Crippen LogP contribution in [0, 0.1) is 17.1 Å². The maximum Gasteiger partial charge on any atom is 0.243 e. The third-order valence-electron chi connectivity index (χ3n) is 3.67. The van der Waals surface area contributed by atoms with Crippen molar-refractivity contribution < 1.29 is 12.8 Å². The molecule has 0 amide bonds. The second-order valence-corrected chi connectivity index (χ2v) is 7.04. The van der Waals surface area contributed by atoms with Crippen LogP contribution in [-0.2, 0) is 10.0 Å². The van der Waals surface area contributed by atoms with E-state index >= 15 is 0 Å². The van der Waals surface area contributed by atoms with Crippen LogP contribution in [0.3, 0.4) is 0 Å². The highest BCUT2D eigenvalue weighted by atomic mass is 32.2. The first-order chi connectivity index (χ1) is 10.4. The normalized spacial score (nSPS) is 17.3. The van der Waals surface area contributed by atoms with Crippen molar-refractivity contribution in [2.24, 2.45) is 0 Å². The van der Waals surface area contributed by atoms with Gasteiger partial charge in [-0.1, -0.05) is 0 Å². The van der Waals surface area contributed by atoms with Gasteiger partial charge in [-0.25, -0.2) is 17.5 Å². The second-order valence-electron chi connectivity index (χ2n) is 5.30. The summed E-state index contributed by atoms with van der Waals surface area (Å²) < 4.78 is 40.3. The van der Waals surface area contributed by atoms with Crippen LogP contribution < -0.4 is 4.72 Å². The molecule has 0 radical (unpaired) electrons. The van der Waals surface area contributed by atoms with Gasteiger partial charge in [0.05, 0.1) is 11.6 Å². The average molecular weight is 326 g/mol. The summed E-state index contributed by atoms with van der Waals surface area (Å²) in [7, 11) is -1.85. The van der Waals surface area contributed by atoms with E-state index in [9.17, 15) is 12.8 Å². The van der Waals surface area contributed by atoms with Gasteiger partial charge in [-0.3, -0.25) is 4.90 Å². The average Bonchev–Trinajstić information content (AvgIpc) is 2.48. The lowest BCUT2D eigenvalue weighted by Crippen LogP contribution is -2.46. The summed E-state index contributed by atoms with van der Waals surface area (Å²) in [5.74, 6) is -0.911. The first kappa shape index (κ1) is 16.8. The Hall–Kier alpha value is -1.53. The van der Waals surface area contributed by atoms with Gasteiger partial charge >= 0.3 is 0 Å². The third-order valence-corrected chi connectivity index (χ3v) is 5.16. The minimum absolute atomic E-state index is 0.0916. The molecule has 1 heterocycles. The van der Waals surface area contributed by atoms with Gasteiger partial charge in [-0.2, -0.15) is 5.26 Å².